The highest BCUT2D eigenvalue weighted by molar-refractivity contribution is 7.92. The van der Waals surface area contributed by atoms with Gasteiger partial charge in [0.25, 0.3) is 0 Å². The number of hydrogen-bond acceptors (Lipinski definition) is 6. The molecule has 2 fully saturated rings. The summed E-state index contributed by atoms with van der Waals surface area (Å²) in [6.45, 7) is 1.89. The summed E-state index contributed by atoms with van der Waals surface area (Å²) < 4.78 is 76.0. The third-order valence-corrected chi connectivity index (χ3v) is 8.80. The van der Waals surface area contributed by atoms with Gasteiger partial charge in [-0.3, -0.25) is 9.48 Å². The number of carbonyl (C=O) groups excluding carboxylic acids is 1. The molecule has 1 aromatic heterocycles. The van der Waals surface area contributed by atoms with Crippen LogP contribution in [0.3, 0.4) is 0 Å². The summed E-state index contributed by atoms with van der Waals surface area (Å²) >= 11 is 0. The Kier molecular flexibility index (Phi) is 6.44. The van der Waals surface area contributed by atoms with Crippen LogP contribution in [0.1, 0.15) is 38.2 Å². The molecule has 0 spiro atoms. The van der Waals surface area contributed by atoms with Gasteiger partial charge >= 0.3 is 6.18 Å². The number of nitrogens with zero attached hydrogens (tertiary/aromatic N) is 3. The average Bonchev–Trinajstić information content (AvgIpc) is 3.21. The lowest BCUT2D eigenvalue weighted by Gasteiger charge is -2.20. The van der Waals surface area contributed by atoms with E-state index >= 15 is 0 Å². The summed E-state index contributed by atoms with van der Waals surface area (Å²) in [5.74, 6) is -1.40. The zero-order chi connectivity index (χ0) is 25.6. The first-order chi connectivity index (χ1) is 16.4. The van der Waals surface area contributed by atoms with E-state index < -0.39 is 55.2 Å². The van der Waals surface area contributed by atoms with E-state index in [1.165, 1.54) is 23.1 Å². The third kappa shape index (κ3) is 4.92. The van der Waals surface area contributed by atoms with Crippen LogP contribution < -0.4 is 5.32 Å². The highest BCUT2D eigenvalue weighted by Gasteiger charge is 2.51. The smallest absolute Gasteiger partial charge is 0.378 e. The molecule has 0 bridgehead atoms. The Morgan fingerprint density at radius 3 is 2.57 bits per heavy atom. The molecule has 4 rings (SSSR count). The molecule has 1 aromatic carbocycles. The summed E-state index contributed by atoms with van der Waals surface area (Å²) in [6, 6.07) is 5.15. The second kappa shape index (κ2) is 8.95. The molecule has 2 aliphatic carbocycles. The number of rotatable bonds is 7. The Balaban J connectivity index is 1.66. The minimum absolute atomic E-state index is 0.116. The number of benzene rings is 1. The maximum Gasteiger partial charge on any atom is 0.417 e. The van der Waals surface area contributed by atoms with E-state index in [1.54, 1.807) is 14.0 Å². The lowest BCUT2D eigenvalue weighted by atomic mass is 10.0. The van der Waals surface area contributed by atoms with Gasteiger partial charge < -0.3 is 10.1 Å². The summed E-state index contributed by atoms with van der Waals surface area (Å²) in [5, 5.41) is 14.6. The number of amides is 1. The van der Waals surface area contributed by atoms with Crippen molar-refractivity contribution in [3.05, 3.63) is 36.2 Å². The van der Waals surface area contributed by atoms with Crippen LogP contribution in [0.5, 0.6) is 0 Å². The number of carbonyl (C=O) groups is 1. The number of ether oxygens (including phenoxy) is 1. The third-order valence-electron chi connectivity index (χ3n) is 6.57. The number of hydrogen-bond donors (Lipinski definition) is 1. The molecule has 0 aliphatic heterocycles. The highest BCUT2D eigenvalue weighted by Crippen LogP contribution is 2.43. The fourth-order valence-electron chi connectivity index (χ4n) is 4.53. The molecule has 12 heteroatoms. The van der Waals surface area contributed by atoms with Crippen LogP contribution >= 0.6 is 0 Å². The van der Waals surface area contributed by atoms with Crippen LogP contribution in [0, 0.1) is 17.2 Å². The van der Waals surface area contributed by atoms with E-state index in [-0.39, 0.29) is 25.0 Å². The molecule has 1 heterocycles. The molecule has 35 heavy (non-hydrogen) atoms. The molecular weight excluding hydrogens is 485 g/mol. The van der Waals surface area contributed by atoms with Crippen LogP contribution in [-0.4, -0.2) is 47.6 Å². The number of nitrogens with one attached hydrogen (secondary N) is 1. The first kappa shape index (κ1) is 25.2. The molecule has 8 nitrogen and oxygen atoms in total. The highest BCUT2D eigenvalue weighted by atomic mass is 32.2. The van der Waals surface area contributed by atoms with Gasteiger partial charge in [0.15, 0.2) is 9.84 Å². The second-order valence-corrected chi connectivity index (χ2v) is 11.2. The van der Waals surface area contributed by atoms with Crippen LogP contribution in [0.25, 0.3) is 11.1 Å². The summed E-state index contributed by atoms with van der Waals surface area (Å²) in [4.78, 5) is 12.0. The molecule has 2 saturated carbocycles. The van der Waals surface area contributed by atoms with Crippen molar-refractivity contribution in [2.45, 2.75) is 60.6 Å². The van der Waals surface area contributed by atoms with Crippen molar-refractivity contribution in [2.24, 2.45) is 13.0 Å². The number of aromatic nitrogens is 2. The minimum atomic E-state index is -4.92. The van der Waals surface area contributed by atoms with Crippen molar-refractivity contribution in [3.63, 3.8) is 0 Å². The van der Waals surface area contributed by atoms with Crippen molar-refractivity contribution in [1.29, 1.82) is 5.26 Å². The topological polar surface area (TPSA) is 114 Å². The van der Waals surface area contributed by atoms with E-state index in [0.29, 0.717) is 18.4 Å². The fourth-order valence-corrected chi connectivity index (χ4v) is 6.53. The number of alkyl halides is 3. The van der Waals surface area contributed by atoms with Gasteiger partial charge in [-0.1, -0.05) is 6.07 Å². The number of nitriles is 1. The lowest BCUT2D eigenvalue weighted by Crippen LogP contribution is -2.42. The molecule has 2 aliphatic rings. The monoisotopic (exact) mass is 510 g/mol. The maximum absolute atomic E-state index is 14.0. The van der Waals surface area contributed by atoms with E-state index in [2.05, 4.69) is 10.4 Å². The molecule has 0 unspecified atom stereocenters. The normalized spacial score (nSPS) is 23.6. The lowest BCUT2D eigenvalue weighted by molar-refractivity contribution is -0.139. The first-order valence-corrected chi connectivity index (χ1v) is 12.7. The van der Waals surface area contributed by atoms with Crippen LogP contribution in [-0.2, 0) is 32.6 Å². The van der Waals surface area contributed by atoms with Gasteiger partial charge in [0.2, 0.25) is 5.91 Å². The Morgan fingerprint density at radius 2 is 2.03 bits per heavy atom. The quantitative estimate of drug-likeness (QED) is 0.612. The van der Waals surface area contributed by atoms with Crippen LogP contribution in [0.15, 0.2) is 35.5 Å². The van der Waals surface area contributed by atoms with E-state index in [1.807, 2.05) is 6.07 Å². The molecule has 3 atom stereocenters. The largest absolute Gasteiger partial charge is 0.417 e. The first-order valence-electron chi connectivity index (χ1n) is 11.2. The fraction of sp³-hybridized carbons (Fsp3) is 0.522. The van der Waals surface area contributed by atoms with Crippen molar-refractivity contribution < 1.29 is 31.1 Å². The second-order valence-electron chi connectivity index (χ2n) is 9.03. The van der Waals surface area contributed by atoms with E-state index in [0.717, 1.165) is 12.1 Å². The Hall–Kier alpha value is -2.91. The van der Waals surface area contributed by atoms with Gasteiger partial charge in [0.1, 0.15) is 5.54 Å². The Bertz CT molecular complexity index is 1280. The predicted molar refractivity (Wildman–Crippen MR) is 118 cm³/mol. The Morgan fingerprint density at radius 1 is 1.31 bits per heavy atom. The molecule has 2 aromatic rings. The average molecular weight is 511 g/mol. The van der Waals surface area contributed by atoms with Crippen LogP contribution in [0.4, 0.5) is 13.2 Å². The van der Waals surface area contributed by atoms with Gasteiger partial charge in [-0.2, -0.15) is 23.5 Å². The molecule has 1 N–H and O–H groups in total. The Labute approximate surface area is 201 Å². The number of sulfone groups is 1. The molecular formula is C23H25F3N4O4S. The number of halogens is 3. The summed E-state index contributed by atoms with van der Waals surface area (Å²) in [7, 11) is -2.84. The standard InChI is InChI=1S/C23H25F3N4O4S/c1-3-34-19-10-16(9-17(19)21(31)29-22(13-27)6-7-22)35(32,33)20-5-4-14(8-18(20)23(24,25)26)15-11-28-30(2)12-15/h4-5,8,11-12,16-17,19H,3,6-7,9-10H2,1-2H3,(H,29,31)/t16-,17-,19-/m1/s1. The van der Waals surface area contributed by atoms with Gasteiger partial charge in [-0.15, -0.1) is 0 Å². The molecule has 0 saturated heterocycles. The van der Waals surface area contributed by atoms with Crippen molar-refractivity contribution in [3.8, 4) is 17.2 Å². The van der Waals surface area contributed by atoms with Gasteiger partial charge in [0, 0.05) is 25.4 Å². The van der Waals surface area contributed by atoms with Crippen molar-refractivity contribution >= 4 is 15.7 Å². The predicted octanol–water partition coefficient (Wildman–Crippen LogP) is 3.24. The molecule has 0 radical (unpaired) electrons. The van der Waals surface area contributed by atoms with Crippen molar-refractivity contribution in [2.75, 3.05) is 6.61 Å². The van der Waals surface area contributed by atoms with E-state index in [4.69, 9.17) is 4.74 Å². The SMILES string of the molecule is CCO[C@@H]1C[C@H](S(=O)(=O)c2ccc(-c3cnn(C)c3)cc2C(F)(F)F)C[C@H]1C(=O)NC1(C#N)CC1. The summed E-state index contributed by atoms with van der Waals surface area (Å²) in [5.41, 5.74) is -1.61. The summed E-state index contributed by atoms with van der Waals surface area (Å²) in [6.07, 6.45) is -2.08. The zero-order valence-electron chi connectivity index (χ0n) is 19.2. The molecule has 1 amide bonds. The molecule has 188 valence electrons. The van der Waals surface area contributed by atoms with Gasteiger partial charge in [-0.25, -0.2) is 8.42 Å². The zero-order valence-corrected chi connectivity index (χ0v) is 20.0. The maximum atomic E-state index is 14.0. The van der Waals surface area contributed by atoms with Crippen molar-refractivity contribution in [1.82, 2.24) is 15.1 Å². The number of aryl methyl sites for hydroxylation is 1. The van der Waals surface area contributed by atoms with Gasteiger partial charge in [0.05, 0.1) is 40.0 Å². The minimum Gasteiger partial charge on any atom is -0.378 e. The van der Waals surface area contributed by atoms with Crippen LogP contribution in [0.2, 0.25) is 0 Å². The van der Waals surface area contributed by atoms with E-state index in [9.17, 15) is 31.6 Å². The van der Waals surface area contributed by atoms with Gasteiger partial charge in [-0.05, 0) is 50.3 Å².